The van der Waals surface area contributed by atoms with Gasteiger partial charge < -0.3 is 15.0 Å². The first-order chi connectivity index (χ1) is 13.8. The maximum Gasteiger partial charge on any atom is 0.255 e. The molecule has 4 rings (SSSR count). The Morgan fingerprint density at radius 1 is 1.31 bits per heavy atom. The monoisotopic (exact) mass is 421 g/mol. The number of nitrogens with zero attached hydrogens (tertiary/aromatic N) is 2. The zero-order valence-electron chi connectivity index (χ0n) is 16.6. The van der Waals surface area contributed by atoms with Crippen molar-refractivity contribution in [3.05, 3.63) is 29.8 Å². The molecule has 0 aliphatic carbocycles. The molecule has 1 aromatic rings. The molecule has 29 heavy (non-hydrogen) atoms. The van der Waals surface area contributed by atoms with E-state index in [1.807, 2.05) is 35.0 Å². The van der Waals surface area contributed by atoms with Crippen molar-refractivity contribution in [1.82, 2.24) is 15.1 Å². The standard InChI is InChI=1S/C20H27N3O5S/c1-22(15-6-11-29(26,27)13-15)12-18(24)23-9-7-20(8-10-23)14-21-19(25)16-4-2-3-5-17(16)28-20/h2-5,15H,6-14H2,1H3,(H,21,25)/t15-/m1/s1. The smallest absolute Gasteiger partial charge is 0.255 e. The molecule has 0 saturated carbocycles. The van der Waals surface area contributed by atoms with Gasteiger partial charge in [0.05, 0.1) is 30.2 Å². The molecule has 0 unspecified atom stereocenters. The van der Waals surface area contributed by atoms with Gasteiger partial charge in [0.25, 0.3) is 5.91 Å². The number of hydrogen-bond donors (Lipinski definition) is 1. The van der Waals surface area contributed by atoms with Crippen LogP contribution in [-0.4, -0.2) is 86.4 Å². The molecule has 2 saturated heterocycles. The maximum absolute atomic E-state index is 12.7. The van der Waals surface area contributed by atoms with Gasteiger partial charge in [0.2, 0.25) is 5.91 Å². The molecule has 3 aliphatic rings. The van der Waals surface area contributed by atoms with Crippen LogP contribution in [0.1, 0.15) is 29.6 Å². The molecule has 0 bridgehead atoms. The average Bonchev–Trinajstić information content (AvgIpc) is 3.00. The predicted molar refractivity (Wildman–Crippen MR) is 108 cm³/mol. The number of ether oxygens (including phenoxy) is 1. The Morgan fingerprint density at radius 2 is 2.03 bits per heavy atom. The van der Waals surface area contributed by atoms with Gasteiger partial charge in [-0.2, -0.15) is 0 Å². The van der Waals surface area contributed by atoms with Crippen LogP contribution in [0.4, 0.5) is 0 Å². The highest BCUT2D eigenvalue weighted by molar-refractivity contribution is 7.91. The zero-order chi connectivity index (χ0) is 20.6. The summed E-state index contributed by atoms with van der Waals surface area (Å²) in [6.45, 7) is 1.73. The first-order valence-corrected chi connectivity index (χ1v) is 11.8. The fourth-order valence-corrected chi connectivity index (χ4v) is 6.16. The quantitative estimate of drug-likeness (QED) is 0.754. The van der Waals surface area contributed by atoms with Crippen LogP contribution in [0, 0.1) is 0 Å². The second-order valence-electron chi connectivity index (χ2n) is 8.32. The van der Waals surface area contributed by atoms with Gasteiger partial charge in [-0.1, -0.05) is 12.1 Å². The SMILES string of the molecule is CN(CC(=O)N1CCC2(CC1)CNC(=O)c1ccccc1O2)[C@@H]1CCS(=O)(=O)C1. The van der Waals surface area contributed by atoms with Crippen LogP contribution in [0.2, 0.25) is 0 Å². The minimum Gasteiger partial charge on any atom is -0.484 e. The number of hydrogen-bond acceptors (Lipinski definition) is 6. The molecule has 1 aromatic carbocycles. The van der Waals surface area contributed by atoms with E-state index in [0.717, 1.165) is 0 Å². The van der Waals surface area contributed by atoms with Crippen LogP contribution in [0.15, 0.2) is 24.3 Å². The molecule has 3 aliphatic heterocycles. The number of para-hydroxylation sites is 1. The lowest BCUT2D eigenvalue weighted by Gasteiger charge is -2.41. The average molecular weight is 422 g/mol. The highest BCUT2D eigenvalue weighted by Gasteiger charge is 2.41. The van der Waals surface area contributed by atoms with Gasteiger partial charge in [-0.3, -0.25) is 14.5 Å². The van der Waals surface area contributed by atoms with Gasteiger partial charge in [0.15, 0.2) is 9.84 Å². The summed E-state index contributed by atoms with van der Waals surface area (Å²) in [5, 5.41) is 2.95. The second-order valence-corrected chi connectivity index (χ2v) is 10.5. The molecular weight excluding hydrogens is 394 g/mol. The molecule has 1 spiro atoms. The Bertz CT molecular complexity index is 908. The highest BCUT2D eigenvalue weighted by atomic mass is 32.2. The summed E-state index contributed by atoms with van der Waals surface area (Å²) in [4.78, 5) is 28.7. The van der Waals surface area contributed by atoms with Crippen LogP contribution in [-0.2, 0) is 14.6 Å². The molecule has 0 aromatic heterocycles. The number of piperidine rings is 1. The van der Waals surface area contributed by atoms with E-state index in [1.54, 1.807) is 6.07 Å². The molecule has 158 valence electrons. The van der Waals surface area contributed by atoms with E-state index in [0.29, 0.717) is 50.2 Å². The molecule has 1 atom stereocenters. The molecule has 2 fully saturated rings. The number of likely N-dealkylation sites (tertiary alicyclic amines) is 1. The van der Waals surface area contributed by atoms with Crippen LogP contribution in [0.5, 0.6) is 5.75 Å². The third-order valence-corrected chi connectivity index (χ3v) is 8.02. The van der Waals surface area contributed by atoms with Crippen molar-refractivity contribution in [2.75, 3.05) is 44.7 Å². The number of carbonyl (C=O) groups is 2. The Balaban J connectivity index is 1.35. The van der Waals surface area contributed by atoms with E-state index in [4.69, 9.17) is 4.74 Å². The van der Waals surface area contributed by atoms with Crippen molar-refractivity contribution in [3.8, 4) is 5.75 Å². The summed E-state index contributed by atoms with van der Waals surface area (Å²) in [5.41, 5.74) is 0.0285. The highest BCUT2D eigenvalue weighted by Crippen LogP contribution is 2.33. The molecule has 8 nitrogen and oxygen atoms in total. The van der Waals surface area contributed by atoms with E-state index < -0.39 is 15.4 Å². The fraction of sp³-hybridized carbons (Fsp3) is 0.600. The summed E-state index contributed by atoms with van der Waals surface area (Å²) < 4.78 is 29.6. The number of rotatable bonds is 3. The lowest BCUT2D eigenvalue weighted by atomic mass is 9.90. The first-order valence-electron chi connectivity index (χ1n) is 10.0. The number of fused-ring (bicyclic) bond motifs is 1. The minimum absolute atomic E-state index is 0.00436. The number of nitrogens with one attached hydrogen (secondary N) is 1. The van der Waals surface area contributed by atoms with Crippen molar-refractivity contribution in [3.63, 3.8) is 0 Å². The van der Waals surface area contributed by atoms with Gasteiger partial charge >= 0.3 is 0 Å². The summed E-state index contributed by atoms with van der Waals surface area (Å²) in [6, 6.07) is 7.14. The number of likely N-dealkylation sites (N-methyl/N-ethyl adjacent to an activating group) is 1. The second kappa shape index (κ2) is 7.60. The van der Waals surface area contributed by atoms with Crippen LogP contribution >= 0.6 is 0 Å². The normalized spacial score (nSPS) is 25.2. The third kappa shape index (κ3) is 4.25. The number of benzene rings is 1. The largest absolute Gasteiger partial charge is 0.484 e. The first kappa shape index (κ1) is 20.2. The summed E-state index contributed by atoms with van der Waals surface area (Å²) >= 11 is 0. The van der Waals surface area contributed by atoms with Crippen LogP contribution in [0.3, 0.4) is 0 Å². The molecular formula is C20H27N3O5S. The minimum atomic E-state index is -2.97. The van der Waals surface area contributed by atoms with Crippen LogP contribution < -0.4 is 10.1 Å². The van der Waals surface area contributed by atoms with Crippen molar-refractivity contribution in [1.29, 1.82) is 0 Å². The molecule has 2 amide bonds. The van der Waals surface area contributed by atoms with Crippen LogP contribution in [0.25, 0.3) is 0 Å². The molecule has 1 N–H and O–H groups in total. The van der Waals surface area contributed by atoms with Crippen molar-refractivity contribution < 1.29 is 22.7 Å². The number of sulfone groups is 1. The Hall–Kier alpha value is -2.13. The van der Waals surface area contributed by atoms with Gasteiger partial charge in [0, 0.05) is 32.0 Å². The Morgan fingerprint density at radius 3 is 2.72 bits per heavy atom. The van der Waals surface area contributed by atoms with E-state index >= 15 is 0 Å². The van der Waals surface area contributed by atoms with E-state index in [1.165, 1.54) is 0 Å². The lowest BCUT2D eigenvalue weighted by Crippen LogP contribution is -2.55. The summed E-state index contributed by atoms with van der Waals surface area (Å²) in [5.74, 6) is 0.790. The van der Waals surface area contributed by atoms with Gasteiger partial charge in [-0.05, 0) is 25.6 Å². The van der Waals surface area contributed by atoms with Crippen molar-refractivity contribution in [2.45, 2.75) is 30.9 Å². The van der Waals surface area contributed by atoms with Crippen molar-refractivity contribution in [2.24, 2.45) is 0 Å². The van der Waals surface area contributed by atoms with Gasteiger partial charge in [-0.15, -0.1) is 0 Å². The lowest BCUT2D eigenvalue weighted by molar-refractivity contribution is -0.135. The molecule has 0 radical (unpaired) electrons. The third-order valence-electron chi connectivity index (χ3n) is 6.27. The predicted octanol–water partition coefficient (Wildman–Crippen LogP) is 0.289. The Labute approximate surface area is 171 Å². The summed E-state index contributed by atoms with van der Waals surface area (Å²) in [6.07, 6.45) is 1.85. The maximum atomic E-state index is 12.7. The molecule has 3 heterocycles. The van der Waals surface area contributed by atoms with E-state index in [2.05, 4.69) is 5.32 Å². The van der Waals surface area contributed by atoms with Gasteiger partial charge in [0.1, 0.15) is 11.4 Å². The van der Waals surface area contributed by atoms with E-state index in [9.17, 15) is 18.0 Å². The van der Waals surface area contributed by atoms with Gasteiger partial charge in [-0.25, -0.2) is 8.42 Å². The Kier molecular flexibility index (Phi) is 5.29. The number of amides is 2. The molecule has 9 heteroatoms. The van der Waals surface area contributed by atoms with E-state index in [-0.39, 0.29) is 35.9 Å². The van der Waals surface area contributed by atoms with Crippen molar-refractivity contribution >= 4 is 21.7 Å². The summed E-state index contributed by atoms with van der Waals surface area (Å²) in [7, 11) is -1.15. The topological polar surface area (TPSA) is 96.0 Å². The fourth-order valence-electron chi connectivity index (χ4n) is 4.36. The number of carbonyl (C=O) groups excluding carboxylic acids is 2. The zero-order valence-corrected chi connectivity index (χ0v) is 17.4.